The molecule has 2 aromatic rings. The molecule has 0 saturated carbocycles. The number of anilines is 1. The third-order valence-electron chi connectivity index (χ3n) is 4.67. The number of amides is 2. The molecule has 9 nitrogen and oxygen atoms in total. The van der Waals surface area contributed by atoms with Gasteiger partial charge in [0, 0.05) is 35.2 Å². The van der Waals surface area contributed by atoms with Crippen LogP contribution in [0.5, 0.6) is 0 Å². The van der Waals surface area contributed by atoms with Crippen LogP contribution in [0.3, 0.4) is 0 Å². The lowest BCUT2D eigenvalue weighted by atomic mass is 9.93. The number of nitrogens with zero attached hydrogens (tertiary/aromatic N) is 3. The van der Waals surface area contributed by atoms with E-state index in [1.807, 2.05) is 0 Å². The van der Waals surface area contributed by atoms with Crippen LogP contribution in [0.1, 0.15) is 20.7 Å². The van der Waals surface area contributed by atoms with Crippen LogP contribution in [0.4, 0.5) is 5.69 Å². The zero-order valence-electron chi connectivity index (χ0n) is 15.2. The molecule has 1 aliphatic heterocycles. The molecule has 0 aliphatic carbocycles. The topological polar surface area (TPSA) is 135 Å². The van der Waals surface area contributed by atoms with Crippen LogP contribution < -0.4 is 5.43 Å². The second kappa shape index (κ2) is 7.85. The van der Waals surface area contributed by atoms with Gasteiger partial charge < -0.3 is 15.3 Å². The van der Waals surface area contributed by atoms with E-state index in [1.165, 1.54) is 19.5 Å². The van der Waals surface area contributed by atoms with Gasteiger partial charge in [-0.05, 0) is 18.2 Å². The summed E-state index contributed by atoms with van der Waals surface area (Å²) in [5.41, 5.74) is 2.95. The molecular formula is C19H20N4O5. The van der Waals surface area contributed by atoms with Gasteiger partial charge >= 0.3 is 0 Å². The van der Waals surface area contributed by atoms with E-state index >= 15 is 0 Å². The number of imide groups is 1. The zero-order valence-corrected chi connectivity index (χ0v) is 15.2. The number of hydrogen-bond acceptors (Lipinski definition) is 8. The Morgan fingerprint density at radius 3 is 2.29 bits per heavy atom. The fourth-order valence-electron chi connectivity index (χ4n) is 2.92. The Morgan fingerprint density at radius 2 is 1.64 bits per heavy atom. The Labute approximate surface area is 160 Å². The monoisotopic (exact) mass is 384 g/mol. The molecular weight excluding hydrogens is 364 g/mol. The van der Waals surface area contributed by atoms with Crippen LogP contribution in [0, 0.1) is 0 Å². The van der Waals surface area contributed by atoms with Crippen LogP contribution >= 0.6 is 0 Å². The molecule has 1 aliphatic rings. The van der Waals surface area contributed by atoms with Gasteiger partial charge in [-0.15, -0.1) is 0 Å². The number of aliphatic imine (C=N–C) groups is 1. The van der Waals surface area contributed by atoms with E-state index in [2.05, 4.69) is 15.5 Å². The predicted molar refractivity (Wildman–Crippen MR) is 105 cm³/mol. The summed E-state index contributed by atoms with van der Waals surface area (Å²) in [5, 5.41) is 32.9. The summed E-state index contributed by atoms with van der Waals surface area (Å²) in [6.07, 6.45) is 2.55. The minimum atomic E-state index is -1.36. The first kappa shape index (κ1) is 19.6. The van der Waals surface area contributed by atoms with E-state index in [0.29, 0.717) is 27.6 Å². The number of rotatable bonds is 7. The maximum Gasteiger partial charge on any atom is 0.261 e. The van der Waals surface area contributed by atoms with Crippen molar-refractivity contribution in [1.29, 1.82) is 0 Å². The molecule has 28 heavy (non-hydrogen) atoms. The highest BCUT2D eigenvalue weighted by Crippen LogP contribution is 2.33. The molecule has 4 N–H and O–H groups in total. The number of carbonyl (C=O) groups is 2. The van der Waals surface area contributed by atoms with Crippen molar-refractivity contribution in [2.24, 2.45) is 10.1 Å². The maximum atomic E-state index is 12.4. The number of carbonyl (C=O) groups excluding carboxylic acids is 2. The second-order valence-corrected chi connectivity index (χ2v) is 6.42. The Balaban J connectivity index is 1.89. The summed E-state index contributed by atoms with van der Waals surface area (Å²) < 4.78 is 0. The Morgan fingerprint density at radius 1 is 1.00 bits per heavy atom. The van der Waals surface area contributed by atoms with Gasteiger partial charge in [-0.3, -0.25) is 24.9 Å². The third kappa shape index (κ3) is 3.26. The Kier molecular flexibility index (Phi) is 5.50. The van der Waals surface area contributed by atoms with Crippen molar-refractivity contribution < 1.29 is 24.9 Å². The molecule has 1 heterocycles. The highest BCUT2D eigenvalue weighted by atomic mass is 16.3. The molecule has 9 heteroatoms. The molecule has 3 rings (SSSR count). The van der Waals surface area contributed by atoms with Crippen LogP contribution in [0.25, 0.3) is 10.8 Å². The van der Waals surface area contributed by atoms with Crippen molar-refractivity contribution >= 4 is 40.7 Å². The number of nitrogens with one attached hydrogen (secondary N) is 1. The third-order valence-corrected chi connectivity index (χ3v) is 4.67. The van der Waals surface area contributed by atoms with Crippen molar-refractivity contribution in [3.05, 3.63) is 41.5 Å². The molecule has 2 amide bonds. The molecule has 0 aromatic heterocycles. The standard InChI is InChI=1S/C19H20N4O5/c1-23-17(27)13-4-2-3-12-15(6-5-14(16(12)13)18(23)28)22-21-8-7-20-19(9-24,10-25)11-26/h2-8,22,24-26H,9-11H2,1H3. The van der Waals surface area contributed by atoms with Crippen LogP contribution in [-0.2, 0) is 0 Å². The fraction of sp³-hybridized carbons (Fsp3) is 0.263. The first-order chi connectivity index (χ1) is 13.5. The molecule has 146 valence electrons. The minimum Gasteiger partial charge on any atom is -0.394 e. The van der Waals surface area contributed by atoms with E-state index in [4.69, 9.17) is 0 Å². The molecule has 0 atom stereocenters. The molecule has 0 spiro atoms. The summed E-state index contributed by atoms with van der Waals surface area (Å²) in [4.78, 5) is 29.8. The maximum absolute atomic E-state index is 12.4. The Hall–Kier alpha value is -3.14. The highest BCUT2D eigenvalue weighted by Gasteiger charge is 2.30. The molecule has 0 fully saturated rings. The molecule has 0 saturated heterocycles. The summed E-state index contributed by atoms with van der Waals surface area (Å²) in [7, 11) is 1.45. The van der Waals surface area contributed by atoms with Crippen LogP contribution in [0.2, 0.25) is 0 Å². The summed E-state index contributed by atoms with van der Waals surface area (Å²) >= 11 is 0. The second-order valence-electron chi connectivity index (χ2n) is 6.42. The van der Waals surface area contributed by atoms with Crippen molar-refractivity contribution in [2.75, 3.05) is 32.3 Å². The SMILES string of the molecule is CN1C(=O)c2cccc3c(NN=CC=NC(CO)(CO)CO)ccc(c23)C1=O. The average molecular weight is 384 g/mol. The number of benzene rings is 2. The first-order valence-corrected chi connectivity index (χ1v) is 8.51. The van der Waals surface area contributed by atoms with Gasteiger partial charge in [-0.25, -0.2) is 0 Å². The summed E-state index contributed by atoms with van der Waals surface area (Å²) in [5.74, 6) is -0.714. The molecule has 0 unspecified atom stereocenters. The zero-order chi connectivity index (χ0) is 20.3. The largest absolute Gasteiger partial charge is 0.394 e. The average Bonchev–Trinajstić information content (AvgIpc) is 2.74. The first-order valence-electron chi connectivity index (χ1n) is 8.51. The van der Waals surface area contributed by atoms with Gasteiger partial charge in [0.05, 0.1) is 31.7 Å². The quantitative estimate of drug-likeness (QED) is 0.307. The van der Waals surface area contributed by atoms with E-state index in [9.17, 15) is 24.9 Å². The highest BCUT2D eigenvalue weighted by molar-refractivity contribution is 6.26. The van der Waals surface area contributed by atoms with Crippen molar-refractivity contribution in [1.82, 2.24) is 4.90 Å². The van der Waals surface area contributed by atoms with Crippen LogP contribution in [0.15, 0.2) is 40.4 Å². The van der Waals surface area contributed by atoms with E-state index in [0.717, 1.165) is 4.90 Å². The van der Waals surface area contributed by atoms with Gasteiger partial charge in [-0.2, -0.15) is 5.10 Å². The van der Waals surface area contributed by atoms with E-state index in [1.54, 1.807) is 30.3 Å². The lowest BCUT2D eigenvalue weighted by Crippen LogP contribution is -2.39. The predicted octanol–water partition coefficient (Wildman–Crippen LogP) is 0.250. The normalized spacial score (nSPS) is 14.6. The fourth-order valence-corrected chi connectivity index (χ4v) is 2.92. The molecule has 2 aromatic carbocycles. The smallest absolute Gasteiger partial charge is 0.261 e. The summed E-state index contributed by atoms with van der Waals surface area (Å²) in [6.45, 7) is -1.53. The van der Waals surface area contributed by atoms with Gasteiger partial charge in [0.1, 0.15) is 5.54 Å². The van der Waals surface area contributed by atoms with Gasteiger partial charge in [0.2, 0.25) is 0 Å². The number of hydrazone groups is 1. The van der Waals surface area contributed by atoms with Crippen molar-refractivity contribution in [3.8, 4) is 0 Å². The van der Waals surface area contributed by atoms with Crippen molar-refractivity contribution in [2.45, 2.75) is 5.54 Å². The van der Waals surface area contributed by atoms with Gasteiger partial charge in [-0.1, -0.05) is 12.1 Å². The van der Waals surface area contributed by atoms with Gasteiger partial charge in [0.15, 0.2) is 0 Å². The van der Waals surface area contributed by atoms with Crippen LogP contribution in [-0.4, -0.2) is 76.9 Å². The Bertz CT molecular complexity index is 951. The van der Waals surface area contributed by atoms with E-state index in [-0.39, 0.29) is 11.8 Å². The number of aliphatic hydroxyl groups excluding tert-OH is 3. The number of aliphatic hydroxyl groups is 3. The van der Waals surface area contributed by atoms with E-state index < -0.39 is 25.4 Å². The van der Waals surface area contributed by atoms with Gasteiger partial charge in [0.25, 0.3) is 11.8 Å². The number of hydrogen-bond donors (Lipinski definition) is 4. The molecule has 0 radical (unpaired) electrons. The lowest BCUT2D eigenvalue weighted by molar-refractivity contribution is 0.0650. The summed E-state index contributed by atoms with van der Waals surface area (Å²) in [6, 6.07) is 8.52. The lowest BCUT2D eigenvalue weighted by Gasteiger charge is -2.24. The molecule has 0 bridgehead atoms. The van der Waals surface area contributed by atoms with Crippen molar-refractivity contribution in [3.63, 3.8) is 0 Å². The minimum absolute atomic E-state index is 0.357.